The Kier molecular flexibility index (Phi) is 6.81. The molecule has 1 rings (SSSR count). The highest BCUT2D eigenvalue weighted by molar-refractivity contribution is 5.17. The molecule has 3 heteroatoms. The molecule has 1 atom stereocenters. The average Bonchev–Trinajstić information content (AvgIpc) is 2.34. The maximum atomic E-state index is 5.26. The molecule has 3 nitrogen and oxygen atoms in total. The van der Waals surface area contributed by atoms with Crippen LogP contribution in [0.15, 0.2) is 30.3 Å². The highest BCUT2D eigenvalue weighted by Gasteiger charge is 2.01. The van der Waals surface area contributed by atoms with Crippen molar-refractivity contribution in [2.24, 2.45) is 0 Å². The van der Waals surface area contributed by atoms with E-state index in [1.54, 1.807) is 0 Å². The molecule has 0 aliphatic heterocycles. The van der Waals surface area contributed by atoms with Crippen LogP contribution in [0.25, 0.3) is 0 Å². The number of hydrogen-bond acceptors (Lipinski definition) is 3. The molecule has 1 aromatic rings. The van der Waals surface area contributed by atoms with Gasteiger partial charge in [0.2, 0.25) is 0 Å². The van der Waals surface area contributed by atoms with Crippen LogP contribution in [0, 0.1) is 0 Å². The van der Waals surface area contributed by atoms with Gasteiger partial charge in [-0.05, 0) is 25.8 Å². The molecule has 16 heavy (non-hydrogen) atoms. The van der Waals surface area contributed by atoms with Gasteiger partial charge in [0.15, 0.2) is 0 Å². The molecule has 0 fully saturated rings. The largest absolute Gasteiger partial charge is 0.382 e. The monoisotopic (exact) mass is 222 g/mol. The molecular weight excluding hydrogens is 200 g/mol. The lowest BCUT2D eigenvalue weighted by Crippen LogP contribution is -2.35. The summed E-state index contributed by atoms with van der Waals surface area (Å²) < 4.78 is 5.26. The van der Waals surface area contributed by atoms with E-state index in [-0.39, 0.29) is 0 Å². The van der Waals surface area contributed by atoms with Crippen LogP contribution in [0.4, 0.5) is 0 Å². The Labute approximate surface area is 98.2 Å². The molecule has 0 saturated carbocycles. The number of hydrogen-bond donors (Lipinski definition) is 2. The molecule has 1 aromatic carbocycles. The van der Waals surface area contributed by atoms with E-state index in [0.717, 1.165) is 26.2 Å². The van der Waals surface area contributed by atoms with Crippen LogP contribution in [-0.4, -0.2) is 19.8 Å². The van der Waals surface area contributed by atoms with Gasteiger partial charge in [-0.25, -0.2) is 0 Å². The minimum atomic E-state index is 0.327. The van der Waals surface area contributed by atoms with Crippen molar-refractivity contribution in [3.63, 3.8) is 0 Å². The molecule has 0 spiro atoms. The van der Waals surface area contributed by atoms with Crippen molar-refractivity contribution in [1.82, 2.24) is 10.9 Å². The van der Waals surface area contributed by atoms with E-state index in [9.17, 15) is 0 Å². The highest BCUT2D eigenvalue weighted by atomic mass is 16.5. The molecular formula is C13H22N2O. The molecule has 0 radical (unpaired) electrons. The summed E-state index contributed by atoms with van der Waals surface area (Å²) in [4.78, 5) is 0. The Morgan fingerprint density at radius 3 is 2.69 bits per heavy atom. The summed E-state index contributed by atoms with van der Waals surface area (Å²) in [5, 5.41) is 0. The number of benzene rings is 1. The second-order valence-electron chi connectivity index (χ2n) is 3.75. The van der Waals surface area contributed by atoms with Gasteiger partial charge in [0, 0.05) is 25.8 Å². The lowest BCUT2D eigenvalue weighted by atomic mass is 10.1. The lowest BCUT2D eigenvalue weighted by Gasteiger charge is -2.15. The fourth-order valence-corrected chi connectivity index (χ4v) is 1.46. The fraction of sp³-hybridized carbons (Fsp3) is 0.538. The summed E-state index contributed by atoms with van der Waals surface area (Å²) in [6.45, 7) is 6.71. The second-order valence-corrected chi connectivity index (χ2v) is 3.75. The zero-order valence-corrected chi connectivity index (χ0v) is 10.2. The summed E-state index contributed by atoms with van der Waals surface area (Å²) in [7, 11) is 0. The third kappa shape index (κ3) is 5.26. The van der Waals surface area contributed by atoms with Crippen molar-refractivity contribution in [2.75, 3.05) is 19.8 Å². The standard InChI is InChI=1S/C13H22N2O/c1-3-16-11-7-10-14-15-12(2)13-8-5-4-6-9-13/h4-6,8-9,12,14-15H,3,7,10-11H2,1-2H3. The van der Waals surface area contributed by atoms with E-state index in [1.165, 1.54) is 5.56 Å². The van der Waals surface area contributed by atoms with E-state index in [2.05, 4.69) is 42.0 Å². The highest BCUT2D eigenvalue weighted by Crippen LogP contribution is 2.09. The number of rotatable bonds is 8. The van der Waals surface area contributed by atoms with E-state index >= 15 is 0 Å². The van der Waals surface area contributed by atoms with E-state index in [4.69, 9.17) is 4.74 Å². The maximum Gasteiger partial charge on any atom is 0.0478 e. The maximum absolute atomic E-state index is 5.26. The van der Waals surface area contributed by atoms with Gasteiger partial charge in [-0.2, -0.15) is 0 Å². The SMILES string of the molecule is CCOCCCNNC(C)c1ccccc1. The van der Waals surface area contributed by atoms with Gasteiger partial charge in [0.25, 0.3) is 0 Å². The molecule has 0 aliphatic carbocycles. The minimum Gasteiger partial charge on any atom is -0.382 e. The Morgan fingerprint density at radius 1 is 1.25 bits per heavy atom. The van der Waals surface area contributed by atoms with Crippen molar-refractivity contribution < 1.29 is 4.74 Å². The average molecular weight is 222 g/mol. The van der Waals surface area contributed by atoms with Crippen molar-refractivity contribution in [1.29, 1.82) is 0 Å². The van der Waals surface area contributed by atoms with Crippen LogP contribution in [0.5, 0.6) is 0 Å². The Bertz CT molecular complexity index is 264. The van der Waals surface area contributed by atoms with Gasteiger partial charge in [-0.15, -0.1) is 0 Å². The van der Waals surface area contributed by atoms with Crippen LogP contribution < -0.4 is 10.9 Å². The molecule has 2 N–H and O–H groups in total. The second kappa shape index (κ2) is 8.28. The van der Waals surface area contributed by atoms with Crippen molar-refractivity contribution in [3.05, 3.63) is 35.9 Å². The summed E-state index contributed by atoms with van der Waals surface area (Å²) in [6, 6.07) is 10.7. The zero-order valence-electron chi connectivity index (χ0n) is 10.2. The Morgan fingerprint density at radius 2 is 2.00 bits per heavy atom. The predicted octanol–water partition coefficient (Wildman–Crippen LogP) is 2.27. The quantitative estimate of drug-likeness (QED) is 0.523. The first kappa shape index (κ1) is 13.2. The minimum absolute atomic E-state index is 0.327. The van der Waals surface area contributed by atoms with E-state index in [1.807, 2.05) is 13.0 Å². The summed E-state index contributed by atoms with van der Waals surface area (Å²) in [6.07, 6.45) is 1.03. The first-order chi connectivity index (χ1) is 7.84. The van der Waals surface area contributed by atoms with Gasteiger partial charge in [-0.3, -0.25) is 10.9 Å². The van der Waals surface area contributed by atoms with Gasteiger partial charge in [0.05, 0.1) is 0 Å². The van der Waals surface area contributed by atoms with Crippen molar-refractivity contribution in [3.8, 4) is 0 Å². The van der Waals surface area contributed by atoms with Gasteiger partial charge in [-0.1, -0.05) is 30.3 Å². The van der Waals surface area contributed by atoms with E-state index < -0.39 is 0 Å². The van der Waals surface area contributed by atoms with Crippen LogP contribution in [-0.2, 0) is 4.74 Å². The molecule has 0 aliphatic rings. The Hall–Kier alpha value is -0.900. The Balaban J connectivity index is 2.09. The zero-order chi connectivity index (χ0) is 11.6. The molecule has 0 heterocycles. The lowest BCUT2D eigenvalue weighted by molar-refractivity contribution is 0.143. The van der Waals surface area contributed by atoms with E-state index in [0.29, 0.717) is 6.04 Å². The van der Waals surface area contributed by atoms with Gasteiger partial charge < -0.3 is 4.74 Å². The fourth-order valence-electron chi connectivity index (χ4n) is 1.46. The smallest absolute Gasteiger partial charge is 0.0478 e. The van der Waals surface area contributed by atoms with Crippen LogP contribution in [0.2, 0.25) is 0 Å². The van der Waals surface area contributed by atoms with Crippen LogP contribution >= 0.6 is 0 Å². The molecule has 0 amide bonds. The number of nitrogens with one attached hydrogen (secondary N) is 2. The first-order valence-corrected chi connectivity index (χ1v) is 5.95. The summed E-state index contributed by atoms with van der Waals surface area (Å²) in [5.41, 5.74) is 7.77. The number of hydrazine groups is 1. The van der Waals surface area contributed by atoms with Gasteiger partial charge >= 0.3 is 0 Å². The third-order valence-electron chi connectivity index (χ3n) is 2.41. The molecule has 0 saturated heterocycles. The summed E-state index contributed by atoms with van der Waals surface area (Å²) >= 11 is 0. The molecule has 0 aromatic heterocycles. The third-order valence-corrected chi connectivity index (χ3v) is 2.41. The predicted molar refractivity (Wildman–Crippen MR) is 67.1 cm³/mol. The molecule has 1 unspecified atom stereocenters. The van der Waals surface area contributed by atoms with Crippen molar-refractivity contribution in [2.45, 2.75) is 26.3 Å². The first-order valence-electron chi connectivity index (χ1n) is 5.95. The summed E-state index contributed by atoms with van der Waals surface area (Å²) in [5.74, 6) is 0. The molecule has 90 valence electrons. The van der Waals surface area contributed by atoms with Crippen LogP contribution in [0.3, 0.4) is 0 Å². The van der Waals surface area contributed by atoms with Crippen molar-refractivity contribution >= 4 is 0 Å². The number of ether oxygens (including phenoxy) is 1. The van der Waals surface area contributed by atoms with Crippen LogP contribution in [0.1, 0.15) is 31.9 Å². The molecule has 0 bridgehead atoms. The normalized spacial score (nSPS) is 12.6. The van der Waals surface area contributed by atoms with Gasteiger partial charge in [0.1, 0.15) is 0 Å². The topological polar surface area (TPSA) is 33.3 Å².